The van der Waals surface area contributed by atoms with Crippen LogP contribution in [0.4, 0.5) is 8.78 Å². The molecule has 2 aromatic carbocycles. The lowest BCUT2D eigenvalue weighted by Crippen LogP contribution is -2.40. The topological polar surface area (TPSA) is 41.6 Å². The van der Waals surface area contributed by atoms with Crippen LogP contribution in [0.1, 0.15) is 23.2 Å². The molecule has 2 aromatic rings. The Hall–Kier alpha value is -2.18. The molecule has 1 saturated heterocycles. The Morgan fingerprint density at radius 2 is 1.70 bits per heavy atom. The van der Waals surface area contributed by atoms with Crippen LogP contribution in [-0.4, -0.2) is 37.5 Å². The number of ether oxygens (including phenoxy) is 1. The molecule has 146 valence electrons. The zero-order valence-corrected chi connectivity index (χ0v) is 15.9. The summed E-state index contributed by atoms with van der Waals surface area (Å²) < 4.78 is 31.7. The Kier molecular flexibility index (Phi) is 7.56. The molecule has 1 fully saturated rings. The molecule has 7 heteroatoms. The van der Waals surface area contributed by atoms with Crippen LogP contribution in [0.5, 0.6) is 11.5 Å². The van der Waals surface area contributed by atoms with Crippen molar-refractivity contribution in [1.29, 1.82) is 0 Å². The monoisotopic (exact) mass is 396 g/mol. The quantitative estimate of drug-likeness (QED) is 0.821. The zero-order chi connectivity index (χ0) is 18.5. The van der Waals surface area contributed by atoms with Crippen LogP contribution >= 0.6 is 12.4 Å². The first-order valence-corrected chi connectivity index (χ1v) is 8.73. The third-order valence-corrected chi connectivity index (χ3v) is 4.62. The van der Waals surface area contributed by atoms with Gasteiger partial charge in [-0.1, -0.05) is 0 Å². The number of rotatable bonds is 5. The average molecular weight is 397 g/mol. The minimum atomic E-state index is -0.962. The predicted molar refractivity (Wildman–Crippen MR) is 103 cm³/mol. The first-order chi connectivity index (χ1) is 12.6. The summed E-state index contributed by atoms with van der Waals surface area (Å²) in [5.41, 5.74) is 0.592. The third-order valence-electron chi connectivity index (χ3n) is 4.62. The van der Waals surface area contributed by atoms with Crippen molar-refractivity contribution in [2.45, 2.75) is 12.8 Å². The van der Waals surface area contributed by atoms with E-state index in [0.29, 0.717) is 17.2 Å². The summed E-state index contributed by atoms with van der Waals surface area (Å²) in [6.45, 7) is 2.51. The van der Waals surface area contributed by atoms with Gasteiger partial charge in [-0.25, -0.2) is 8.78 Å². The lowest BCUT2D eigenvalue weighted by molar-refractivity contribution is 0.0691. The number of nitrogens with one attached hydrogen (secondary N) is 1. The van der Waals surface area contributed by atoms with Crippen molar-refractivity contribution in [1.82, 2.24) is 10.2 Å². The summed E-state index contributed by atoms with van der Waals surface area (Å²) in [5.74, 6) is -0.592. The second-order valence-corrected chi connectivity index (χ2v) is 6.50. The second kappa shape index (κ2) is 9.67. The lowest BCUT2D eigenvalue weighted by Gasteiger charge is -2.32. The summed E-state index contributed by atoms with van der Waals surface area (Å²) in [7, 11) is 1.95. The molecule has 27 heavy (non-hydrogen) atoms. The van der Waals surface area contributed by atoms with Crippen molar-refractivity contribution in [2.75, 3.05) is 26.7 Å². The van der Waals surface area contributed by atoms with Gasteiger partial charge >= 0.3 is 0 Å². The van der Waals surface area contributed by atoms with Gasteiger partial charge in [0.15, 0.2) is 11.6 Å². The first-order valence-electron chi connectivity index (χ1n) is 8.73. The molecule has 1 aliphatic rings. The van der Waals surface area contributed by atoms with E-state index in [9.17, 15) is 13.6 Å². The molecule has 0 saturated carbocycles. The van der Waals surface area contributed by atoms with Gasteiger partial charge in [-0.3, -0.25) is 4.79 Å². The number of nitrogens with zero attached hydrogens (tertiary/aromatic N) is 1. The van der Waals surface area contributed by atoms with Gasteiger partial charge in [-0.2, -0.15) is 0 Å². The highest BCUT2D eigenvalue weighted by Gasteiger charge is 2.23. The Morgan fingerprint density at radius 3 is 2.30 bits per heavy atom. The van der Waals surface area contributed by atoms with Gasteiger partial charge in [0.25, 0.3) is 5.91 Å². The van der Waals surface area contributed by atoms with Crippen molar-refractivity contribution in [2.24, 2.45) is 5.92 Å². The molecule has 0 atom stereocenters. The molecule has 1 N–H and O–H groups in total. The number of likely N-dealkylation sites (tertiary alicyclic amines) is 1. The number of benzene rings is 2. The molecule has 1 aliphatic heterocycles. The number of piperidine rings is 1. The van der Waals surface area contributed by atoms with E-state index in [4.69, 9.17) is 4.74 Å². The summed E-state index contributed by atoms with van der Waals surface area (Å²) in [6.07, 6.45) is 2.01. The van der Waals surface area contributed by atoms with Gasteiger partial charge in [0.05, 0.1) is 0 Å². The number of amides is 1. The van der Waals surface area contributed by atoms with Gasteiger partial charge in [0, 0.05) is 24.7 Å². The second-order valence-electron chi connectivity index (χ2n) is 6.50. The number of hydrogen-bond acceptors (Lipinski definition) is 3. The molecule has 1 amide bonds. The molecule has 0 aliphatic carbocycles. The Balaban J connectivity index is 0.00000261. The number of carbonyl (C=O) groups is 1. The van der Waals surface area contributed by atoms with Crippen molar-refractivity contribution >= 4 is 18.3 Å². The molecule has 0 bridgehead atoms. The fourth-order valence-corrected chi connectivity index (χ4v) is 3.15. The zero-order valence-electron chi connectivity index (χ0n) is 15.1. The van der Waals surface area contributed by atoms with E-state index in [1.807, 2.05) is 11.9 Å². The van der Waals surface area contributed by atoms with Crippen molar-refractivity contribution in [3.05, 3.63) is 59.7 Å². The van der Waals surface area contributed by atoms with Crippen LogP contribution in [0.3, 0.4) is 0 Å². The van der Waals surface area contributed by atoms with Gasteiger partial charge < -0.3 is 15.0 Å². The summed E-state index contributed by atoms with van der Waals surface area (Å²) in [5, 5.41) is 3.18. The van der Waals surface area contributed by atoms with Crippen molar-refractivity contribution in [3.8, 4) is 11.5 Å². The molecule has 0 unspecified atom stereocenters. The van der Waals surface area contributed by atoms with E-state index >= 15 is 0 Å². The average Bonchev–Trinajstić information content (AvgIpc) is 2.66. The largest absolute Gasteiger partial charge is 0.457 e. The highest BCUT2D eigenvalue weighted by molar-refractivity contribution is 5.94. The molecule has 0 radical (unpaired) electrons. The van der Waals surface area contributed by atoms with Gasteiger partial charge in [-0.15, -0.1) is 12.4 Å². The molecular formula is C20H23ClF2N2O2. The van der Waals surface area contributed by atoms with Crippen molar-refractivity contribution in [3.63, 3.8) is 0 Å². The van der Waals surface area contributed by atoms with Crippen LogP contribution in [0, 0.1) is 17.6 Å². The van der Waals surface area contributed by atoms with Crippen molar-refractivity contribution < 1.29 is 18.3 Å². The molecular weight excluding hydrogens is 374 g/mol. The molecule has 4 nitrogen and oxygen atoms in total. The maximum Gasteiger partial charge on any atom is 0.253 e. The third kappa shape index (κ3) is 5.40. The van der Waals surface area contributed by atoms with Crippen LogP contribution < -0.4 is 10.1 Å². The highest BCUT2D eigenvalue weighted by Crippen LogP contribution is 2.24. The van der Waals surface area contributed by atoms with E-state index in [1.54, 1.807) is 24.3 Å². The fourth-order valence-electron chi connectivity index (χ4n) is 3.15. The number of carbonyl (C=O) groups excluding carboxylic acids is 1. The van der Waals surface area contributed by atoms with Crippen LogP contribution in [0.15, 0.2) is 42.5 Å². The highest BCUT2D eigenvalue weighted by atomic mass is 35.5. The Morgan fingerprint density at radius 1 is 1.07 bits per heavy atom. The molecule has 3 rings (SSSR count). The first kappa shape index (κ1) is 21.1. The van der Waals surface area contributed by atoms with E-state index in [0.717, 1.165) is 44.6 Å². The lowest BCUT2D eigenvalue weighted by atomic mass is 9.96. The SMILES string of the molecule is CNCC1CCN(C(=O)c2ccc(Oc3ccc(F)c(F)c3)cc2)CC1.Cl. The van der Waals surface area contributed by atoms with E-state index in [-0.39, 0.29) is 24.1 Å². The minimum absolute atomic E-state index is 0. The summed E-state index contributed by atoms with van der Waals surface area (Å²) in [4.78, 5) is 14.5. The molecule has 0 aromatic heterocycles. The fraction of sp³-hybridized carbons (Fsp3) is 0.350. The molecule has 0 spiro atoms. The minimum Gasteiger partial charge on any atom is -0.457 e. The van der Waals surface area contributed by atoms with Crippen LogP contribution in [0.2, 0.25) is 0 Å². The maximum atomic E-state index is 13.2. The Labute approximate surface area is 163 Å². The number of halogens is 3. The van der Waals surface area contributed by atoms with E-state index < -0.39 is 11.6 Å². The van der Waals surface area contributed by atoms with Gasteiger partial charge in [-0.05, 0) is 68.8 Å². The molecule has 1 heterocycles. The Bertz CT molecular complexity index is 763. The van der Waals surface area contributed by atoms with Crippen LogP contribution in [-0.2, 0) is 0 Å². The van der Waals surface area contributed by atoms with Gasteiger partial charge in [0.2, 0.25) is 0 Å². The van der Waals surface area contributed by atoms with E-state index in [1.165, 1.54) is 6.07 Å². The summed E-state index contributed by atoms with van der Waals surface area (Å²) in [6, 6.07) is 10.1. The van der Waals surface area contributed by atoms with E-state index in [2.05, 4.69) is 5.32 Å². The van der Waals surface area contributed by atoms with Gasteiger partial charge in [0.1, 0.15) is 11.5 Å². The van der Waals surface area contributed by atoms with Crippen LogP contribution in [0.25, 0.3) is 0 Å². The number of hydrogen-bond donors (Lipinski definition) is 1. The summed E-state index contributed by atoms with van der Waals surface area (Å²) >= 11 is 0. The maximum absolute atomic E-state index is 13.2. The standard InChI is InChI=1S/C20H22F2N2O2.ClH/c1-23-13-14-8-10-24(11-9-14)20(25)15-2-4-16(5-3-15)26-17-6-7-18(21)19(22)12-17;/h2-7,12,14,23H,8-11,13H2,1H3;1H. The normalized spacial score (nSPS) is 14.6. The predicted octanol–water partition coefficient (Wildman–Crippen LogP) is 4.25. The smallest absolute Gasteiger partial charge is 0.253 e.